The number of hydrogen-bond donors (Lipinski definition) is 2. The molecule has 29 heavy (non-hydrogen) atoms. The summed E-state index contributed by atoms with van der Waals surface area (Å²) in [5.74, 6) is -0.739. The average molecular weight is 396 g/mol. The van der Waals surface area contributed by atoms with Gasteiger partial charge in [-0.25, -0.2) is 14.5 Å². The number of fused-ring (bicyclic) bond motifs is 1. The molecule has 0 spiro atoms. The number of methoxy groups -OCH3 is 1. The number of carbonyl (C=O) groups is 2. The second kappa shape index (κ2) is 8.30. The number of ether oxygens (including phenoxy) is 1. The maximum absolute atomic E-state index is 12.7. The van der Waals surface area contributed by atoms with Gasteiger partial charge in [0.25, 0.3) is 5.91 Å². The van der Waals surface area contributed by atoms with Gasteiger partial charge in [0.1, 0.15) is 5.75 Å². The van der Waals surface area contributed by atoms with E-state index < -0.39 is 5.97 Å². The molecule has 0 unspecified atom stereocenters. The van der Waals surface area contributed by atoms with Crippen LogP contribution < -0.4 is 10.1 Å². The van der Waals surface area contributed by atoms with E-state index >= 15 is 0 Å². The van der Waals surface area contributed by atoms with E-state index in [-0.39, 0.29) is 17.5 Å². The van der Waals surface area contributed by atoms with Crippen LogP contribution in [0.4, 0.5) is 0 Å². The molecule has 0 saturated carbocycles. The first-order valence-electron chi connectivity index (χ1n) is 9.35. The number of benzene rings is 1. The predicted molar refractivity (Wildman–Crippen MR) is 109 cm³/mol. The van der Waals surface area contributed by atoms with Gasteiger partial charge in [0.15, 0.2) is 5.65 Å². The van der Waals surface area contributed by atoms with E-state index in [0.717, 1.165) is 16.6 Å². The molecule has 0 bridgehead atoms. The van der Waals surface area contributed by atoms with Crippen LogP contribution in [0.15, 0.2) is 30.5 Å². The zero-order chi connectivity index (χ0) is 21.1. The van der Waals surface area contributed by atoms with Gasteiger partial charge < -0.3 is 15.2 Å². The molecular formula is C21H24N4O4. The van der Waals surface area contributed by atoms with Gasteiger partial charge in [-0.3, -0.25) is 4.79 Å². The molecule has 0 radical (unpaired) electrons. The lowest BCUT2D eigenvalue weighted by Crippen LogP contribution is -2.26. The fourth-order valence-electron chi connectivity index (χ4n) is 3.16. The number of amides is 1. The molecular weight excluding hydrogens is 372 g/mol. The van der Waals surface area contributed by atoms with Gasteiger partial charge in [0, 0.05) is 18.0 Å². The Morgan fingerprint density at radius 3 is 2.69 bits per heavy atom. The molecule has 0 saturated heterocycles. The topological polar surface area (TPSA) is 106 Å². The predicted octanol–water partition coefficient (Wildman–Crippen LogP) is 3.00. The quantitative estimate of drug-likeness (QED) is 0.636. The van der Waals surface area contributed by atoms with Crippen molar-refractivity contribution in [3.63, 3.8) is 0 Å². The number of hydrogen-bond acceptors (Lipinski definition) is 5. The highest BCUT2D eigenvalue weighted by molar-refractivity contribution is 5.98. The van der Waals surface area contributed by atoms with Crippen LogP contribution in [0, 0.1) is 6.92 Å². The minimum absolute atomic E-state index is 0.159. The van der Waals surface area contributed by atoms with Crippen molar-refractivity contribution in [2.24, 2.45) is 0 Å². The Morgan fingerprint density at radius 1 is 1.28 bits per heavy atom. The van der Waals surface area contributed by atoms with Gasteiger partial charge >= 0.3 is 5.97 Å². The van der Waals surface area contributed by atoms with Crippen LogP contribution in [-0.2, 0) is 6.42 Å². The minimum atomic E-state index is -1.01. The minimum Gasteiger partial charge on any atom is -0.496 e. The average Bonchev–Trinajstić information content (AvgIpc) is 3.10. The first kappa shape index (κ1) is 20.3. The molecule has 0 aliphatic heterocycles. The van der Waals surface area contributed by atoms with Crippen LogP contribution in [0.2, 0.25) is 0 Å². The Hall–Kier alpha value is -3.42. The normalized spacial score (nSPS) is 11.1. The molecule has 0 atom stereocenters. The first-order valence-corrected chi connectivity index (χ1v) is 9.35. The third kappa shape index (κ3) is 4.21. The Bertz CT molecular complexity index is 1070. The van der Waals surface area contributed by atoms with Gasteiger partial charge in [-0.15, -0.1) is 0 Å². The van der Waals surface area contributed by atoms with Crippen molar-refractivity contribution in [1.29, 1.82) is 0 Å². The molecule has 2 aromatic heterocycles. The lowest BCUT2D eigenvalue weighted by molar-refractivity contribution is 0.0696. The smallest absolute Gasteiger partial charge is 0.335 e. The molecule has 8 nitrogen and oxygen atoms in total. The van der Waals surface area contributed by atoms with Crippen molar-refractivity contribution < 1.29 is 19.4 Å². The Kier molecular flexibility index (Phi) is 5.81. The SMILES string of the molecule is COc1cc(C(=O)O)ccc1CCNC(=O)c1cc2cnn(C(C)C)c2nc1C. The van der Waals surface area contributed by atoms with E-state index in [4.69, 9.17) is 9.84 Å². The van der Waals surface area contributed by atoms with Gasteiger partial charge in [0.05, 0.1) is 30.1 Å². The number of rotatable bonds is 7. The molecule has 0 fully saturated rings. The van der Waals surface area contributed by atoms with E-state index in [2.05, 4.69) is 15.4 Å². The summed E-state index contributed by atoms with van der Waals surface area (Å²) in [7, 11) is 1.49. The largest absolute Gasteiger partial charge is 0.496 e. The van der Waals surface area contributed by atoms with Crippen LogP contribution in [0.1, 0.15) is 51.9 Å². The highest BCUT2D eigenvalue weighted by Gasteiger charge is 2.15. The molecule has 8 heteroatoms. The second-order valence-corrected chi connectivity index (χ2v) is 7.05. The standard InChI is InChI=1S/C21H24N4O4/c1-12(2)25-19-16(11-23-25)9-17(13(3)24-19)20(26)22-8-7-14-5-6-15(21(27)28)10-18(14)29-4/h5-6,9-12H,7-8H2,1-4H3,(H,22,26)(H,27,28). The number of nitrogens with one attached hydrogen (secondary N) is 1. The van der Waals surface area contributed by atoms with E-state index in [1.807, 2.05) is 18.5 Å². The second-order valence-electron chi connectivity index (χ2n) is 7.05. The van der Waals surface area contributed by atoms with Crippen molar-refractivity contribution in [3.8, 4) is 5.75 Å². The zero-order valence-electron chi connectivity index (χ0n) is 16.9. The van der Waals surface area contributed by atoms with Crippen LogP contribution >= 0.6 is 0 Å². The Morgan fingerprint density at radius 2 is 2.03 bits per heavy atom. The Balaban J connectivity index is 1.71. The highest BCUT2D eigenvalue weighted by Crippen LogP contribution is 2.21. The number of nitrogens with zero attached hydrogens (tertiary/aromatic N) is 3. The first-order chi connectivity index (χ1) is 13.8. The number of aromatic nitrogens is 3. The summed E-state index contributed by atoms with van der Waals surface area (Å²) in [6, 6.07) is 6.69. The van der Waals surface area contributed by atoms with Crippen LogP contribution in [0.5, 0.6) is 5.75 Å². The number of pyridine rings is 1. The number of aryl methyl sites for hydroxylation is 1. The molecule has 0 aliphatic rings. The van der Waals surface area contributed by atoms with E-state index in [1.165, 1.54) is 19.2 Å². The van der Waals surface area contributed by atoms with E-state index in [0.29, 0.717) is 30.0 Å². The molecule has 0 aliphatic carbocycles. The van der Waals surface area contributed by atoms with E-state index in [1.54, 1.807) is 25.3 Å². The summed E-state index contributed by atoms with van der Waals surface area (Å²) in [6.45, 7) is 6.24. The van der Waals surface area contributed by atoms with E-state index in [9.17, 15) is 9.59 Å². The summed E-state index contributed by atoms with van der Waals surface area (Å²) in [5, 5.41) is 17.1. The molecule has 2 heterocycles. The number of aromatic carboxylic acids is 1. The van der Waals surface area contributed by atoms with Crippen LogP contribution in [-0.4, -0.2) is 45.4 Å². The molecule has 1 aromatic carbocycles. The number of carboxylic acid groups (broad SMARTS) is 1. The molecule has 1 amide bonds. The number of carboxylic acids is 1. The summed E-state index contributed by atoms with van der Waals surface area (Å²) in [6.07, 6.45) is 2.22. The van der Waals surface area contributed by atoms with Gasteiger partial charge in [-0.1, -0.05) is 6.07 Å². The van der Waals surface area contributed by atoms with Crippen LogP contribution in [0.25, 0.3) is 11.0 Å². The Labute approximate surface area is 168 Å². The van der Waals surface area contributed by atoms with Gasteiger partial charge in [0.2, 0.25) is 0 Å². The monoisotopic (exact) mass is 396 g/mol. The van der Waals surface area contributed by atoms with Crippen molar-refractivity contribution >= 4 is 22.9 Å². The van der Waals surface area contributed by atoms with Crippen molar-refractivity contribution in [3.05, 3.63) is 52.8 Å². The molecule has 3 rings (SSSR count). The lowest BCUT2D eigenvalue weighted by Gasteiger charge is -2.11. The third-order valence-electron chi connectivity index (χ3n) is 4.71. The van der Waals surface area contributed by atoms with Crippen LogP contribution in [0.3, 0.4) is 0 Å². The summed E-state index contributed by atoms with van der Waals surface area (Å²) in [5.41, 5.74) is 2.89. The number of carbonyl (C=O) groups excluding carboxylic acids is 1. The van der Waals surface area contributed by atoms with Crippen molar-refractivity contribution in [2.75, 3.05) is 13.7 Å². The maximum atomic E-state index is 12.7. The molecule has 152 valence electrons. The van der Waals surface area contributed by atoms with Crippen molar-refractivity contribution in [2.45, 2.75) is 33.2 Å². The molecule has 2 N–H and O–H groups in total. The summed E-state index contributed by atoms with van der Waals surface area (Å²) < 4.78 is 7.10. The lowest BCUT2D eigenvalue weighted by atomic mass is 10.1. The fourth-order valence-corrected chi connectivity index (χ4v) is 3.16. The van der Waals surface area contributed by atoms with Crippen molar-refractivity contribution in [1.82, 2.24) is 20.1 Å². The summed E-state index contributed by atoms with van der Waals surface area (Å²) >= 11 is 0. The zero-order valence-corrected chi connectivity index (χ0v) is 16.9. The highest BCUT2D eigenvalue weighted by atomic mass is 16.5. The molecule has 3 aromatic rings. The fraction of sp³-hybridized carbons (Fsp3) is 0.333. The third-order valence-corrected chi connectivity index (χ3v) is 4.71. The maximum Gasteiger partial charge on any atom is 0.335 e. The summed E-state index contributed by atoms with van der Waals surface area (Å²) in [4.78, 5) is 28.3. The van der Waals surface area contributed by atoms with Gasteiger partial charge in [-0.05, 0) is 51.0 Å². The van der Waals surface area contributed by atoms with Gasteiger partial charge in [-0.2, -0.15) is 5.10 Å².